The van der Waals surface area contributed by atoms with Gasteiger partial charge in [-0.1, -0.05) is 0 Å². The molecule has 3 N–H and O–H groups in total. The van der Waals surface area contributed by atoms with Crippen molar-refractivity contribution in [3.63, 3.8) is 0 Å². The molecule has 2 amide bonds. The highest BCUT2D eigenvalue weighted by molar-refractivity contribution is 5.74. The van der Waals surface area contributed by atoms with Crippen LogP contribution in [0.3, 0.4) is 0 Å². The first kappa shape index (κ1) is 14.7. The maximum atomic E-state index is 11.4. The van der Waals surface area contributed by atoms with Crippen LogP contribution in [0.4, 0.5) is 4.79 Å². The van der Waals surface area contributed by atoms with Gasteiger partial charge < -0.3 is 25.2 Å². The van der Waals surface area contributed by atoms with Gasteiger partial charge in [0, 0.05) is 13.6 Å². The maximum absolute atomic E-state index is 11.4. The smallest absolute Gasteiger partial charge is 0.329 e. The van der Waals surface area contributed by atoms with Crippen LogP contribution < -0.4 is 5.32 Å². The minimum atomic E-state index is -1.04. The Labute approximate surface area is 94.0 Å². The molecular weight excluding hydrogens is 216 g/mol. The lowest BCUT2D eigenvalue weighted by Gasteiger charge is -2.23. The SMILES string of the molecule is CC(CO)N(C)C(=O)NCCOCC(=O)O. The van der Waals surface area contributed by atoms with Crippen LogP contribution >= 0.6 is 0 Å². The van der Waals surface area contributed by atoms with Gasteiger partial charge in [-0.2, -0.15) is 0 Å². The van der Waals surface area contributed by atoms with Crippen molar-refractivity contribution in [2.45, 2.75) is 13.0 Å². The number of rotatable bonds is 7. The number of ether oxygens (including phenoxy) is 1. The van der Waals surface area contributed by atoms with Crippen LogP contribution in [0.25, 0.3) is 0 Å². The van der Waals surface area contributed by atoms with Crippen LogP contribution in [0.2, 0.25) is 0 Å². The third-order valence-corrected chi connectivity index (χ3v) is 1.99. The van der Waals surface area contributed by atoms with Crippen LogP contribution in [0, 0.1) is 0 Å². The van der Waals surface area contributed by atoms with E-state index in [0.717, 1.165) is 0 Å². The van der Waals surface area contributed by atoms with Crippen molar-refractivity contribution in [3.05, 3.63) is 0 Å². The number of carboxylic acids is 1. The average molecular weight is 234 g/mol. The van der Waals surface area contributed by atoms with Crippen LogP contribution in [0.5, 0.6) is 0 Å². The number of amides is 2. The number of aliphatic hydroxyl groups excluding tert-OH is 1. The van der Waals surface area contributed by atoms with Crippen molar-refractivity contribution in [2.75, 3.05) is 33.4 Å². The standard InChI is InChI=1S/C9H18N2O5/c1-7(5-12)11(2)9(15)10-3-4-16-6-8(13)14/h7,12H,3-6H2,1-2H3,(H,10,15)(H,13,14). The van der Waals surface area contributed by atoms with Crippen molar-refractivity contribution in [1.29, 1.82) is 0 Å². The fraction of sp³-hybridized carbons (Fsp3) is 0.778. The Morgan fingerprint density at radius 3 is 2.62 bits per heavy atom. The monoisotopic (exact) mass is 234 g/mol. The molecule has 0 aliphatic carbocycles. The molecular formula is C9H18N2O5. The van der Waals surface area contributed by atoms with E-state index >= 15 is 0 Å². The molecule has 0 aromatic rings. The number of nitrogens with one attached hydrogen (secondary N) is 1. The van der Waals surface area contributed by atoms with Crippen molar-refractivity contribution < 1.29 is 24.5 Å². The summed E-state index contributed by atoms with van der Waals surface area (Å²) in [7, 11) is 1.56. The van der Waals surface area contributed by atoms with E-state index in [2.05, 4.69) is 5.32 Å². The predicted molar refractivity (Wildman–Crippen MR) is 56.2 cm³/mol. The van der Waals surface area contributed by atoms with Gasteiger partial charge in [0.1, 0.15) is 6.61 Å². The summed E-state index contributed by atoms with van der Waals surface area (Å²) in [5.74, 6) is -1.04. The summed E-state index contributed by atoms with van der Waals surface area (Å²) in [6, 6.07) is -0.597. The normalized spacial score (nSPS) is 11.9. The summed E-state index contributed by atoms with van der Waals surface area (Å²) in [5.41, 5.74) is 0. The Hall–Kier alpha value is -1.34. The summed E-state index contributed by atoms with van der Waals surface area (Å²) in [4.78, 5) is 22.8. The molecule has 0 saturated carbocycles. The molecule has 0 spiro atoms. The number of aliphatic carboxylic acids is 1. The van der Waals surface area contributed by atoms with Crippen molar-refractivity contribution in [2.24, 2.45) is 0 Å². The number of likely N-dealkylation sites (N-methyl/N-ethyl adjacent to an activating group) is 1. The second-order valence-electron chi connectivity index (χ2n) is 3.32. The molecule has 1 unspecified atom stereocenters. The first-order valence-corrected chi connectivity index (χ1v) is 4.90. The second kappa shape index (κ2) is 7.89. The zero-order valence-electron chi connectivity index (χ0n) is 9.47. The Balaban J connectivity index is 3.61. The minimum Gasteiger partial charge on any atom is -0.480 e. The van der Waals surface area contributed by atoms with Crippen LogP contribution in [-0.4, -0.2) is 66.6 Å². The fourth-order valence-electron chi connectivity index (χ4n) is 0.837. The van der Waals surface area contributed by atoms with Gasteiger partial charge in [0.2, 0.25) is 0 Å². The molecule has 0 saturated heterocycles. The molecule has 16 heavy (non-hydrogen) atoms. The number of aliphatic hydroxyl groups is 1. The van der Waals surface area contributed by atoms with Crippen LogP contribution in [0.1, 0.15) is 6.92 Å². The summed E-state index contributed by atoms with van der Waals surface area (Å²) < 4.78 is 4.73. The van der Waals surface area contributed by atoms with Crippen molar-refractivity contribution >= 4 is 12.0 Å². The zero-order chi connectivity index (χ0) is 12.6. The predicted octanol–water partition coefficient (Wildman–Crippen LogP) is -0.890. The zero-order valence-corrected chi connectivity index (χ0v) is 9.47. The van der Waals surface area contributed by atoms with Crippen molar-refractivity contribution in [3.8, 4) is 0 Å². The van der Waals surface area contributed by atoms with Gasteiger partial charge in [0.05, 0.1) is 19.3 Å². The molecule has 0 aromatic carbocycles. The third kappa shape index (κ3) is 6.20. The molecule has 0 rings (SSSR count). The number of nitrogens with zero attached hydrogens (tertiary/aromatic N) is 1. The molecule has 0 bridgehead atoms. The lowest BCUT2D eigenvalue weighted by molar-refractivity contribution is -0.142. The maximum Gasteiger partial charge on any atom is 0.329 e. The van der Waals surface area contributed by atoms with Crippen LogP contribution in [0.15, 0.2) is 0 Å². The van der Waals surface area contributed by atoms with Gasteiger partial charge in [-0.15, -0.1) is 0 Å². The molecule has 0 heterocycles. The highest BCUT2D eigenvalue weighted by atomic mass is 16.5. The molecule has 7 nitrogen and oxygen atoms in total. The largest absolute Gasteiger partial charge is 0.480 e. The van der Waals surface area contributed by atoms with Gasteiger partial charge in [-0.25, -0.2) is 9.59 Å². The molecule has 1 atom stereocenters. The van der Waals surface area contributed by atoms with E-state index in [9.17, 15) is 9.59 Å². The molecule has 0 aliphatic heterocycles. The number of hydrogen-bond acceptors (Lipinski definition) is 4. The number of carboxylic acid groups (broad SMARTS) is 1. The van der Waals surface area contributed by atoms with E-state index in [1.807, 2.05) is 0 Å². The molecule has 94 valence electrons. The van der Waals surface area contributed by atoms with Gasteiger partial charge in [-0.3, -0.25) is 0 Å². The Bertz CT molecular complexity index is 234. The third-order valence-electron chi connectivity index (χ3n) is 1.99. The summed E-state index contributed by atoms with van der Waals surface area (Å²) in [6.45, 7) is 1.59. The number of carbonyl (C=O) groups is 2. The quantitative estimate of drug-likeness (QED) is 0.496. The van der Waals surface area contributed by atoms with E-state index < -0.39 is 5.97 Å². The van der Waals surface area contributed by atoms with E-state index in [1.54, 1.807) is 14.0 Å². The lowest BCUT2D eigenvalue weighted by Crippen LogP contribution is -2.44. The Morgan fingerprint density at radius 1 is 1.50 bits per heavy atom. The minimum absolute atomic E-state index is 0.112. The van der Waals surface area contributed by atoms with Crippen LogP contribution in [-0.2, 0) is 9.53 Å². The fourth-order valence-corrected chi connectivity index (χ4v) is 0.837. The summed E-state index contributed by atoms with van der Waals surface area (Å²) >= 11 is 0. The number of hydrogen-bond donors (Lipinski definition) is 3. The molecule has 0 aliphatic rings. The molecule has 0 fully saturated rings. The first-order valence-electron chi connectivity index (χ1n) is 4.90. The molecule has 0 aromatic heterocycles. The van der Waals surface area contributed by atoms with Gasteiger partial charge in [0.15, 0.2) is 0 Å². The van der Waals surface area contributed by atoms with Gasteiger partial charge in [-0.05, 0) is 6.92 Å². The first-order chi connectivity index (χ1) is 7.49. The lowest BCUT2D eigenvalue weighted by atomic mass is 10.3. The summed E-state index contributed by atoms with van der Waals surface area (Å²) in [6.07, 6.45) is 0. The van der Waals surface area contributed by atoms with E-state index in [1.165, 1.54) is 4.90 Å². The average Bonchev–Trinajstić information content (AvgIpc) is 2.25. The topological polar surface area (TPSA) is 99.1 Å². The highest BCUT2D eigenvalue weighted by Gasteiger charge is 2.13. The Morgan fingerprint density at radius 2 is 2.12 bits per heavy atom. The van der Waals surface area contributed by atoms with E-state index in [4.69, 9.17) is 14.9 Å². The Kier molecular flexibility index (Phi) is 7.23. The summed E-state index contributed by atoms with van der Waals surface area (Å²) in [5, 5.41) is 19.6. The highest BCUT2D eigenvalue weighted by Crippen LogP contribution is 1.93. The van der Waals surface area contributed by atoms with Crippen molar-refractivity contribution in [1.82, 2.24) is 10.2 Å². The molecule has 7 heteroatoms. The van der Waals surface area contributed by atoms with Gasteiger partial charge >= 0.3 is 12.0 Å². The second-order valence-corrected chi connectivity index (χ2v) is 3.32. The van der Waals surface area contributed by atoms with Gasteiger partial charge in [0.25, 0.3) is 0 Å². The number of carbonyl (C=O) groups excluding carboxylic acids is 1. The van der Waals surface area contributed by atoms with E-state index in [-0.39, 0.29) is 38.4 Å². The number of urea groups is 1. The van der Waals surface area contributed by atoms with E-state index in [0.29, 0.717) is 0 Å². The molecule has 0 radical (unpaired) electrons.